The van der Waals surface area contributed by atoms with Gasteiger partial charge in [-0.3, -0.25) is 4.79 Å². The third-order valence-electron chi connectivity index (χ3n) is 4.42. The summed E-state index contributed by atoms with van der Waals surface area (Å²) in [5, 5.41) is 0. The van der Waals surface area contributed by atoms with Crippen molar-refractivity contribution in [3.8, 4) is 0 Å². The van der Waals surface area contributed by atoms with E-state index in [0.717, 1.165) is 38.1 Å². The van der Waals surface area contributed by atoms with Crippen LogP contribution in [0.1, 0.15) is 59.3 Å². The largest absolute Gasteiger partial charge is 0.303 e. The molecule has 100 valence electrons. The van der Waals surface area contributed by atoms with Crippen molar-refractivity contribution in [3.05, 3.63) is 0 Å². The topological polar surface area (TPSA) is 20.3 Å². The Morgan fingerprint density at radius 1 is 1.41 bits per heavy atom. The van der Waals surface area contributed by atoms with Crippen LogP contribution in [0.25, 0.3) is 0 Å². The molecule has 0 saturated heterocycles. The standard InChI is InChI=1S/C15H29NO/c1-5-7-13-8-9-15(17)14(10-13)11-16(4)12(3)6-2/h12-14H,5-11H2,1-4H3. The van der Waals surface area contributed by atoms with Crippen LogP contribution in [0.5, 0.6) is 0 Å². The molecule has 0 amide bonds. The Hall–Kier alpha value is -0.370. The van der Waals surface area contributed by atoms with Crippen molar-refractivity contribution >= 4 is 5.78 Å². The summed E-state index contributed by atoms with van der Waals surface area (Å²) >= 11 is 0. The molecular formula is C15H29NO. The molecule has 1 aliphatic rings. The molecule has 3 atom stereocenters. The molecule has 0 aromatic heterocycles. The zero-order valence-electron chi connectivity index (χ0n) is 12.0. The van der Waals surface area contributed by atoms with Crippen molar-refractivity contribution in [2.45, 2.75) is 65.3 Å². The molecule has 2 nitrogen and oxygen atoms in total. The van der Waals surface area contributed by atoms with Gasteiger partial charge in [-0.25, -0.2) is 0 Å². The first kappa shape index (κ1) is 14.7. The van der Waals surface area contributed by atoms with E-state index in [1.807, 2.05) is 0 Å². The van der Waals surface area contributed by atoms with Crippen LogP contribution in [0, 0.1) is 11.8 Å². The van der Waals surface area contributed by atoms with Crippen LogP contribution in [0.2, 0.25) is 0 Å². The predicted molar refractivity (Wildman–Crippen MR) is 73.1 cm³/mol. The van der Waals surface area contributed by atoms with Gasteiger partial charge in [-0.05, 0) is 39.2 Å². The minimum absolute atomic E-state index is 0.305. The van der Waals surface area contributed by atoms with Gasteiger partial charge in [0.05, 0.1) is 0 Å². The van der Waals surface area contributed by atoms with E-state index in [9.17, 15) is 4.79 Å². The fraction of sp³-hybridized carbons (Fsp3) is 0.933. The van der Waals surface area contributed by atoms with E-state index in [1.165, 1.54) is 12.8 Å². The number of ketones is 1. The van der Waals surface area contributed by atoms with E-state index in [1.54, 1.807) is 0 Å². The summed E-state index contributed by atoms with van der Waals surface area (Å²) in [5.74, 6) is 1.61. The van der Waals surface area contributed by atoms with Gasteiger partial charge in [-0.2, -0.15) is 0 Å². The van der Waals surface area contributed by atoms with Crippen LogP contribution < -0.4 is 0 Å². The molecule has 0 N–H and O–H groups in total. The Morgan fingerprint density at radius 2 is 2.12 bits per heavy atom. The number of hydrogen-bond donors (Lipinski definition) is 0. The minimum atomic E-state index is 0.305. The molecule has 1 fully saturated rings. The average Bonchev–Trinajstić information content (AvgIpc) is 2.32. The summed E-state index contributed by atoms with van der Waals surface area (Å²) in [6.45, 7) is 7.67. The van der Waals surface area contributed by atoms with Crippen molar-refractivity contribution in [2.75, 3.05) is 13.6 Å². The Morgan fingerprint density at radius 3 is 2.71 bits per heavy atom. The zero-order valence-corrected chi connectivity index (χ0v) is 12.0. The molecule has 3 unspecified atom stereocenters. The second kappa shape index (κ2) is 7.15. The fourth-order valence-corrected chi connectivity index (χ4v) is 2.89. The SMILES string of the molecule is CCCC1CCC(=O)C(CN(C)C(C)CC)C1. The summed E-state index contributed by atoms with van der Waals surface area (Å²) in [6.07, 6.45) is 6.81. The van der Waals surface area contributed by atoms with Gasteiger partial charge >= 0.3 is 0 Å². The summed E-state index contributed by atoms with van der Waals surface area (Å²) in [6, 6.07) is 0.592. The second-order valence-electron chi connectivity index (χ2n) is 5.79. The van der Waals surface area contributed by atoms with Gasteiger partial charge in [0.25, 0.3) is 0 Å². The molecule has 0 radical (unpaired) electrons. The first-order valence-electron chi connectivity index (χ1n) is 7.31. The van der Waals surface area contributed by atoms with Crippen LogP contribution in [0.15, 0.2) is 0 Å². The van der Waals surface area contributed by atoms with Crippen LogP contribution in [0.4, 0.5) is 0 Å². The van der Waals surface area contributed by atoms with E-state index < -0.39 is 0 Å². The van der Waals surface area contributed by atoms with Crippen LogP contribution >= 0.6 is 0 Å². The van der Waals surface area contributed by atoms with E-state index in [2.05, 4.69) is 32.7 Å². The lowest BCUT2D eigenvalue weighted by Gasteiger charge is -2.33. The van der Waals surface area contributed by atoms with Gasteiger partial charge in [-0.15, -0.1) is 0 Å². The first-order chi connectivity index (χ1) is 8.08. The number of carbonyl (C=O) groups is 1. The normalized spacial score (nSPS) is 27.5. The highest BCUT2D eigenvalue weighted by atomic mass is 16.1. The predicted octanol–water partition coefficient (Wildman–Crippen LogP) is 3.50. The van der Waals surface area contributed by atoms with Crippen molar-refractivity contribution in [1.29, 1.82) is 0 Å². The van der Waals surface area contributed by atoms with Crippen molar-refractivity contribution in [1.82, 2.24) is 4.90 Å². The van der Waals surface area contributed by atoms with Gasteiger partial charge in [0.1, 0.15) is 5.78 Å². The van der Waals surface area contributed by atoms with E-state index >= 15 is 0 Å². The lowest BCUT2D eigenvalue weighted by Crippen LogP contribution is -2.38. The number of nitrogens with zero attached hydrogens (tertiary/aromatic N) is 1. The van der Waals surface area contributed by atoms with Crippen molar-refractivity contribution in [3.63, 3.8) is 0 Å². The molecule has 17 heavy (non-hydrogen) atoms. The van der Waals surface area contributed by atoms with Crippen LogP contribution in [-0.2, 0) is 4.79 Å². The first-order valence-corrected chi connectivity index (χ1v) is 7.31. The molecular weight excluding hydrogens is 210 g/mol. The van der Waals surface area contributed by atoms with E-state index in [4.69, 9.17) is 0 Å². The highest BCUT2D eigenvalue weighted by molar-refractivity contribution is 5.81. The van der Waals surface area contributed by atoms with Crippen molar-refractivity contribution < 1.29 is 4.79 Å². The summed E-state index contributed by atoms with van der Waals surface area (Å²) in [4.78, 5) is 14.3. The van der Waals surface area contributed by atoms with E-state index in [-0.39, 0.29) is 0 Å². The van der Waals surface area contributed by atoms with Gasteiger partial charge in [0.15, 0.2) is 0 Å². The second-order valence-corrected chi connectivity index (χ2v) is 5.79. The maximum absolute atomic E-state index is 12.0. The smallest absolute Gasteiger partial charge is 0.137 e. The molecule has 0 aromatic carbocycles. The van der Waals surface area contributed by atoms with Gasteiger partial charge in [-0.1, -0.05) is 26.7 Å². The van der Waals surface area contributed by atoms with Gasteiger partial charge in [0, 0.05) is 24.9 Å². The molecule has 1 saturated carbocycles. The molecule has 1 aliphatic carbocycles. The monoisotopic (exact) mass is 239 g/mol. The fourth-order valence-electron chi connectivity index (χ4n) is 2.89. The maximum Gasteiger partial charge on any atom is 0.137 e. The highest BCUT2D eigenvalue weighted by Gasteiger charge is 2.29. The third kappa shape index (κ3) is 4.42. The lowest BCUT2D eigenvalue weighted by molar-refractivity contribution is -0.126. The highest BCUT2D eigenvalue weighted by Crippen LogP contribution is 2.30. The number of rotatable bonds is 6. The molecule has 0 bridgehead atoms. The average molecular weight is 239 g/mol. The molecule has 2 heteroatoms. The van der Waals surface area contributed by atoms with Crippen LogP contribution in [-0.4, -0.2) is 30.3 Å². The molecule has 0 aromatic rings. The molecule has 0 heterocycles. The molecule has 0 spiro atoms. The summed E-state index contributed by atoms with van der Waals surface area (Å²) < 4.78 is 0. The summed E-state index contributed by atoms with van der Waals surface area (Å²) in [7, 11) is 2.16. The third-order valence-corrected chi connectivity index (χ3v) is 4.42. The number of Topliss-reactive ketones (excluding diaryl/α,β-unsaturated/α-hetero) is 1. The van der Waals surface area contributed by atoms with E-state index in [0.29, 0.717) is 17.7 Å². The lowest BCUT2D eigenvalue weighted by atomic mass is 9.78. The van der Waals surface area contributed by atoms with Gasteiger partial charge in [0.2, 0.25) is 0 Å². The molecule has 0 aliphatic heterocycles. The Balaban J connectivity index is 2.46. The maximum atomic E-state index is 12.0. The Kier molecular flexibility index (Phi) is 6.18. The minimum Gasteiger partial charge on any atom is -0.303 e. The number of carbonyl (C=O) groups excluding carboxylic acids is 1. The molecule has 1 rings (SSSR count). The van der Waals surface area contributed by atoms with Crippen LogP contribution in [0.3, 0.4) is 0 Å². The van der Waals surface area contributed by atoms with Crippen molar-refractivity contribution in [2.24, 2.45) is 11.8 Å². The Bertz CT molecular complexity index is 239. The summed E-state index contributed by atoms with van der Waals surface area (Å²) in [5.41, 5.74) is 0. The zero-order chi connectivity index (χ0) is 12.8. The Labute approximate surface area is 107 Å². The van der Waals surface area contributed by atoms with Gasteiger partial charge < -0.3 is 4.90 Å². The number of hydrogen-bond acceptors (Lipinski definition) is 2. The quantitative estimate of drug-likeness (QED) is 0.707.